The van der Waals surface area contributed by atoms with Crippen LogP contribution in [0.25, 0.3) is 0 Å². The topological polar surface area (TPSA) is 52.6 Å². The Kier molecular flexibility index (Phi) is 11.0. The zero-order valence-electron chi connectivity index (χ0n) is 11.0. The van der Waals surface area contributed by atoms with E-state index in [1.807, 2.05) is 0 Å². The number of ether oxygens (including phenoxy) is 2. The Morgan fingerprint density at radius 3 is 2.12 bits per heavy atom. The number of esters is 1. The first kappa shape index (κ1) is 16.1. The molecular weight excluding hydrogens is 220 g/mol. The van der Waals surface area contributed by atoms with Gasteiger partial charge in [-0.3, -0.25) is 9.59 Å². The zero-order chi connectivity index (χ0) is 12.9. The van der Waals surface area contributed by atoms with Crippen LogP contribution in [-0.2, 0) is 19.1 Å². The molecule has 1 fully saturated rings. The summed E-state index contributed by atoms with van der Waals surface area (Å²) in [6.07, 6.45) is 7.07. The van der Waals surface area contributed by atoms with Gasteiger partial charge in [-0.25, -0.2) is 0 Å². The second-order valence-electron chi connectivity index (χ2n) is 4.14. The highest BCUT2D eigenvalue weighted by atomic mass is 16.5. The van der Waals surface area contributed by atoms with Gasteiger partial charge in [0.1, 0.15) is 5.78 Å². The number of hydrogen-bond acceptors (Lipinski definition) is 4. The lowest BCUT2D eigenvalue weighted by Crippen LogP contribution is -2.02. The molecule has 0 spiro atoms. The summed E-state index contributed by atoms with van der Waals surface area (Å²) < 4.78 is 9.50. The maximum absolute atomic E-state index is 10.5. The van der Waals surface area contributed by atoms with Crippen molar-refractivity contribution in [1.29, 1.82) is 0 Å². The number of ketones is 1. The van der Waals surface area contributed by atoms with E-state index in [4.69, 9.17) is 9.47 Å². The van der Waals surface area contributed by atoms with Crippen molar-refractivity contribution in [1.82, 2.24) is 0 Å². The average Bonchev–Trinajstić information content (AvgIpc) is 2.30. The van der Waals surface area contributed by atoms with Crippen LogP contribution in [0, 0.1) is 0 Å². The largest absolute Gasteiger partial charge is 0.466 e. The van der Waals surface area contributed by atoms with E-state index in [0.717, 1.165) is 45.1 Å². The molecule has 0 N–H and O–H groups in total. The quantitative estimate of drug-likeness (QED) is 0.551. The molecule has 0 aliphatic heterocycles. The van der Waals surface area contributed by atoms with Gasteiger partial charge in [0.2, 0.25) is 0 Å². The lowest BCUT2D eigenvalue weighted by molar-refractivity contribution is -0.141. The molecule has 0 atom stereocenters. The fraction of sp³-hybridized carbons (Fsp3) is 0.846. The van der Waals surface area contributed by atoms with Crippen LogP contribution in [0.1, 0.15) is 51.9 Å². The summed E-state index contributed by atoms with van der Waals surface area (Å²) in [5, 5.41) is 0. The van der Waals surface area contributed by atoms with Crippen LogP contribution in [-0.4, -0.2) is 32.1 Å². The summed E-state index contributed by atoms with van der Waals surface area (Å²) in [5.41, 5.74) is 0. The van der Waals surface area contributed by atoms with Gasteiger partial charge in [0.05, 0.1) is 6.61 Å². The highest BCUT2D eigenvalue weighted by Crippen LogP contribution is 2.12. The molecule has 0 amide bonds. The molecule has 100 valence electrons. The van der Waals surface area contributed by atoms with Gasteiger partial charge in [-0.15, -0.1) is 0 Å². The van der Waals surface area contributed by atoms with Crippen molar-refractivity contribution < 1.29 is 19.1 Å². The first-order valence-corrected chi connectivity index (χ1v) is 6.31. The van der Waals surface area contributed by atoms with E-state index < -0.39 is 0 Å². The average molecular weight is 244 g/mol. The van der Waals surface area contributed by atoms with Crippen molar-refractivity contribution in [2.45, 2.75) is 51.9 Å². The molecule has 0 bridgehead atoms. The Labute approximate surface area is 104 Å². The minimum Gasteiger partial charge on any atom is -0.466 e. The monoisotopic (exact) mass is 244 g/mol. The van der Waals surface area contributed by atoms with Crippen molar-refractivity contribution in [2.75, 3.05) is 20.3 Å². The van der Waals surface area contributed by atoms with E-state index in [9.17, 15) is 9.59 Å². The van der Waals surface area contributed by atoms with Gasteiger partial charge >= 0.3 is 5.97 Å². The van der Waals surface area contributed by atoms with E-state index in [-0.39, 0.29) is 5.97 Å². The number of carbonyl (C=O) groups is 2. The van der Waals surface area contributed by atoms with Gasteiger partial charge in [0.15, 0.2) is 0 Å². The summed E-state index contributed by atoms with van der Waals surface area (Å²) >= 11 is 0. The minimum atomic E-state index is -0.211. The normalized spacial score (nSPS) is 14.8. The molecule has 0 saturated heterocycles. The predicted octanol–water partition coefficient (Wildman–Crippen LogP) is 2.50. The van der Waals surface area contributed by atoms with Crippen LogP contribution >= 0.6 is 0 Å². The van der Waals surface area contributed by atoms with Crippen LogP contribution in [0.3, 0.4) is 0 Å². The molecule has 0 aromatic rings. The van der Waals surface area contributed by atoms with Crippen molar-refractivity contribution in [3.8, 4) is 0 Å². The Morgan fingerprint density at radius 1 is 1.12 bits per heavy atom. The van der Waals surface area contributed by atoms with Crippen molar-refractivity contribution in [3.63, 3.8) is 0 Å². The van der Waals surface area contributed by atoms with Gasteiger partial charge in [-0.05, 0) is 25.7 Å². The maximum Gasteiger partial charge on any atom is 0.302 e. The number of hydrogen-bond donors (Lipinski definition) is 0. The predicted molar refractivity (Wildman–Crippen MR) is 65.8 cm³/mol. The second-order valence-corrected chi connectivity index (χ2v) is 4.14. The van der Waals surface area contributed by atoms with Crippen LogP contribution in [0.5, 0.6) is 0 Å². The Bertz CT molecular complexity index is 205. The summed E-state index contributed by atoms with van der Waals surface area (Å²) in [7, 11) is 1.66. The van der Waals surface area contributed by atoms with E-state index in [1.54, 1.807) is 7.11 Å². The van der Waals surface area contributed by atoms with Crippen molar-refractivity contribution in [3.05, 3.63) is 0 Å². The molecule has 0 radical (unpaired) electrons. The third-order valence-corrected chi connectivity index (χ3v) is 2.46. The summed E-state index contributed by atoms with van der Waals surface area (Å²) in [6, 6.07) is 0. The number of rotatable bonds is 5. The minimum absolute atomic E-state index is 0.211. The second kappa shape index (κ2) is 11.6. The molecule has 4 nitrogen and oxygen atoms in total. The van der Waals surface area contributed by atoms with Crippen LogP contribution in [0.4, 0.5) is 0 Å². The number of methoxy groups -OCH3 is 1. The standard InChI is InChI=1S/C7H14O3.C6H10O/c1-7(8)10-6-4-3-5-9-2;7-6-4-2-1-3-5-6/h3-6H2,1-2H3;1-5H2. The third kappa shape index (κ3) is 13.0. The molecule has 4 heteroatoms. The SMILES string of the molecule is COCCCCOC(C)=O.O=C1CCCCC1. The first-order chi connectivity index (χ1) is 8.16. The van der Waals surface area contributed by atoms with Crippen molar-refractivity contribution >= 4 is 11.8 Å². The third-order valence-electron chi connectivity index (χ3n) is 2.46. The summed E-state index contributed by atoms with van der Waals surface area (Å²) in [6.45, 7) is 2.66. The number of unbranched alkanes of at least 4 members (excludes halogenated alkanes) is 1. The summed E-state index contributed by atoms with van der Waals surface area (Å²) in [5.74, 6) is 0.253. The Balaban J connectivity index is 0.000000318. The molecule has 1 aliphatic rings. The molecule has 1 saturated carbocycles. The molecule has 1 rings (SSSR count). The van der Waals surface area contributed by atoms with E-state index in [0.29, 0.717) is 12.4 Å². The molecule has 0 unspecified atom stereocenters. The molecule has 1 aliphatic carbocycles. The fourth-order valence-electron chi connectivity index (χ4n) is 1.51. The van der Waals surface area contributed by atoms with Gasteiger partial charge in [-0.2, -0.15) is 0 Å². The smallest absolute Gasteiger partial charge is 0.302 e. The molecular formula is C13H24O4. The molecule has 0 aromatic carbocycles. The van der Waals surface area contributed by atoms with Crippen molar-refractivity contribution in [2.24, 2.45) is 0 Å². The summed E-state index contributed by atoms with van der Waals surface area (Å²) in [4.78, 5) is 20.7. The first-order valence-electron chi connectivity index (χ1n) is 6.31. The van der Waals surface area contributed by atoms with Gasteiger partial charge in [0, 0.05) is 33.5 Å². The zero-order valence-corrected chi connectivity index (χ0v) is 11.0. The fourth-order valence-corrected chi connectivity index (χ4v) is 1.51. The Hall–Kier alpha value is -0.900. The Morgan fingerprint density at radius 2 is 1.71 bits per heavy atom. The lowest BCUT2D eigenvalue weighted by Gasteiger charge is -2.05. The van der Waals surface area contributed by atoms with Gasteiger partial charge in [0.25, 0.3) is 0 Å². The molecule has 0 aromatic heterocycles. The van der Waals surface area contributed by atoms with Crippen LogP contribution < -0.4 is 0 Å². The van der Waals surface area contributed by atoms with Gasteiger partial charge < -0.3 is 9.47 Å². The number of carbonyl (C=O) groups excluding carboxylic acids is 2. The maximum atomic E-state index is 10.5. The highest BCUT2D eigenvalue weighted by Gasteiger charge is 2.05. The van der Waals surface area contributed by atoms with Crippen LogP contribution in [0.2, 0.25) is 0 Å². The number of Topliss-reactive ketones (excluding diaryl/α,β-unsaturated/α-hetero) is 1. The highest BCUT2D eigenvalue weighted by molar-refractivity contribution is 5.78. The van der Waals surface area contributed by atoms with E-state index in [2.05, 4.69) is 0 Å². The lowest BCUT2D eigenvalue weighted by atomic mass is 10.00. The van der Waals surface area contributed by atoms with Crippen LogP contribution in [0.15, 0.2) is 0 Å². The van der Waals surface area contributed by atoms with E-state index in [1.165, 1.54) is 13.3 Å². The molecule has 17 heavy (non-hydrogen) atoms. The molecule has 0 heterocycles. The van der Waals surface area contributed by atoms with E-state index >= 15 is 0 Å². The van der Waals surface area contributed by atoms with Gasteiger partial charge in [-0.1, -0.05) is 6.42 Å².